The van der Waals surface area contributed by atoms with Crippen LogP contribution in [0, 0.1) is 0 Å². The number of ether oxygens (including phenoxy) is 1. The largest absolute Gasteiger partial charge is 0.383 e. The van der Waals surface area contributed by atoms with E-state index in [2.05, 4.69) is 0 Å². The normalized spacial score (nSPS) is 10.6. The van der Waals surface area contributed by atoms with E-state index in [0.717, 1.165) is 10.5 Å². The molecule has 0 unspecified atom stereocenters. The minimum Gasteiger partial charge on any atom is -0.383 e. The third-order valence-electron chi connectivity index (χ3n) is 2.38. The van der Waals surface area contributed by atoms with E-state index in [9.17, 15) is 9.59 Å². The van der Waals surface area contributed by atoms with E-state index < -0.39 is 0 Å². The Morgan fingerprint density at radius 1 is 1.28 bits per heavy atom. The lowest BCUT2D eigenvalue weighted by atomic mass is 10.2. The Morgan fingerprint density at radius 3 is 2.50 bits per heavy atom. The molecule has 0 bridgehead atoms. The highest BCUT2D eigenvalue weighted by molar-refractivity contribution is 6.02. The van der Waals surface area contributed by atoms with E-state index in [0.29, 0.717) is 6.61 Å². The average molecular weight is 247 g/mol. The number of benzene rings is 1. The van der Waals surface area contributed by atoms with Crippen LogP contribution in [0.5, 0.6) is 0 Å². The first-order chi connectivity index (χ1) is 8.65. The fraction of sp³-hybridized carbons (Fsp3) is 0.286. The summed E-state index contributed by atoms with van der Waals surface area (Å²) >= 11 is 0. The van der Waals surface area contributed by atoms with E-state index in [4.69, 9.17) is 4.74 Å². The van der Waals surface area contributed by atoms with Gasteiger partial charge in [-0.15, -0.1) is 0 Å². The maximum absolute atomic E-state index is 11.8. The number of carbonyl (C=O) groups excluding carboxylic acids is 2. The summed E-state index contributed by atoms with van der Waals surface area (Å²) in [5.41, 5.74) is 0.918. The molecule has 0 atom stereocenters. The van der Waals surface area contributed by atoms with Crippen LogP contribution in [0.2, 0.25) is 0 Å². The molecule has 0 aliphatic carbocycles. The van der Waals surface area contributed by atoms with Gasteiger partial charge < -0.3 is 4.74 Å². The topological polar surface area (TPSA) is 46.6 Å². The van der Waals surface area contributed by atoms with Crippen LogP contribution < -0.4 is 0 Å². The molecule has 1 aromatic carbocycles. The third kappa shape index (κ3) is 4.51. The molecule has 4 nitrogen and oxygen atoms in total. The second-order valence-corrected chi connectivity index (χ2v) is 3.75. The van der Waals surface area contributed by atoms with E-state index in [1.807, 2.05) is 30.3 Å². The van der Waals surface area contributed by atoms with Crippen molar-refractivity contribution in [3.8, 4) is 0 Å². The van der Waals surface area contributed by atoms with Crippen molar-refractivity contribution in [2.75, 3.05) is 20.3 Å². The van der Waals surface area contributed by atoms with Gasteiger partial charge in [-0.25, -0.2) is 0 Å². The van der Waals surface area contributed by atoms with Gasteiger partial charge in [0.1, 0.15) is 0 Å². The Morgan fingerprint density at radius 2 is 1.94 bits per heavy atom. The Balaban J connectivity index is 2.67. The molecule has 1 rings (SSSR count). The zero-order chi connectivity index (χ0) is 13.4. The molecule has 0 radical (unpaired) electrons. The standard InChI is InChI=1S/C14H17NO3/c1-12(16)15(10-11-18-2)14(17)9-8-13-6-4-3-5-7-13/h3-9H,10-11H2,1-2H3/b9-8+. The number of hydrogen-bond acceptors (Lipinski definition) is 3. The van der Waals surface area contributed by atoms with Crippen LogP contribution >= 0.6 is 0 Å². The molecule has 0 heterocycles. The van der Waals surface area contributed by atoms with Crippen molar-refractivity contribution < 1.29 is 14.3 Å². The monoisotopic (exact) mass is 247 g/mol. The summed E-state index contributed by atoms with van der Waals surface area (Å²) in [5.74, 6) is -0.613. The first kappa shape index (κ1) is 14.1. The first-order valence-corrected chi connectivity index (χ1v) is 5.69. The Kier molecular flexibility index (Phi) is 5.80. The van der Waals surface area contributed by atoms with Crippen molar-refractivity contribution >= 4 is 17.9 Å². The van der Waals surface area contributed by atoms with Gasteiger partial charge in [-0.2, -0.15) is 0 Å². The number of amides is 2. The van der Waals surface area contributed by atoms with Crippen molar-refractivity contribution in [1.82, 2.24) is 4.90 Å². The summed E-state index contributed by atoms with van der Waals surface area (Å²) in [6.45, 7) is 1.97. The van der Waals surface area contributed by atoms with Gasteiger partial charge in [0.25, 0.3) is 5.91 Å². The minimum absolute atomic E-state index is 0.268. The fourth-order valence-electron chi connectivity index (χ4n) is 1.43. The van der Waals surface area contributed by atoms with Crippen molar-refractivity contribution in [1.29, 1.82) is 0 Å². The van der Waals surface area contributed by atoms with Gasteiger partial charge >= 0.3 is 0 Å². The molecule has 0 aliphatic rings. The predicted octanol–water partition coefficient (Wildman–Crippen LogP) is 1.72. The third-order valence-corrected chi connectivity index (χ3v) is 2.38. The predicted molar refractivity (Wildman–Crippen MR) is 69.7 cm³/mol. The molecule has 2 amide bonds. The molecule has 0 aliphatic heterocycles. The molecule has 0 fully saturated rings. The van der Waals surface area contributed by atoms with Gasteiger partial charge in [0, 0.05) is 20.1 Å². The molecular formula is C14H17NO3. The SMILES string of the molecule is COCCN(C(C)=O)C(=O)/C=C/c1ccccc1. The number of rotatable bonds is 5. The van der Waals surface area contributed by atoms with Gasteiger partial charge in [-0.05, 0) is 11.6 Å². The number of hydrogen-bond donors (Lipinski definition) is 0. The second kappa shape index (κ2) is 7.40. The summed E-state index contributed by atoms with van der Waals surface area (Å²) in [4.78, 5) is 24.3. The summed E-state index contributed by atoms with van der Waals surface area (Å²) in [6.07, 6.45) is 3.08. The highest BCUT2D eigenvalue weighted by Crippen LogP contribution is 2.02. The molecule has 18 heavy (non-hydrogen) atoms. The maximum atomic E-state index is 11.8. The van der Waals surface area contributed by atoms with Crippen molar-refractivity contribution in [3.05, 3.63) is 42.0 Å². The highest BCUT2D eigenvalue weighted by Gasteiger charge is 2.14. The van der Waals surface area contributed by atoms with Crippen LogP contribution in [0.1, 0.15) is 12.5 Å². The van der Waals surface area contributed by atoms with Crippen LogP contribution in [0.25, 0.3) is 6.08 Å². The number of carbonyl (C=O) groups is 2. The van der Waals surface area contributed by atoms with Gasteiger partial charge in [0.2, 0.25) is 5.91 Å². The number of imide groups is 1. The first-order valence-electron chi connectivity index (χ1n) is 5.69. The lowest BCUT2D eigenvalue weighted by molar-refractivity contribution is -0.141. The summed E-state index contributed by atoms with van der Waals surface area (Å²) in [6, 6.07) is 9.45. The molecule has 0 N–H and O–H groups in total. The van der Waals surface area contributed by atoms with E-state index in [1.54, 1.807) is 6.08 Å². The van der Waals surface area contributed by atoms with Crippen molar-refractivity contribution in [2.24, 2.45) is 0 Å². The molecule has 0 saturated heterocycles. The number of nitrogens with zero attached hydrogens (tertiary/aromatic N) is 1. The summed E-state index contributed by atoms with van der Waals surface area (Å²) in [5, 5.41) is 0. The molecular weight excluding hydrogens is 230 g/mol. The summed E-state index contributed by atoms with van der Waals surface area (Å²) in [7, 11) is 1.53. The zero-order valence-corrected chi connectivity index (χ0v) is 10.6. The minimum atomic E-state index is -0.330. The Labute approximate surface area is 107 Å². The molecule has 0 spiro atoms. The maximum Gasteiger partial charge on any atom is 0.253 e. The average Bonchev–Trinajstić information content (AvgIpc) is 2.37. The van der Waals surface area contributed by atoms with Crippen LogP contribution in [0.3, 0.4) is 0 Å². The van der Waals surface area contributed by atoms with Gasteiger partial charge in [-0.1, -0.05) is 30.3 Å². The smallest absolute Gasteiger partial charge is 0.253 e. The fourth-order valence-corrected chi connectivity index (χ4v) is 1.43. The van der Waals surface area contributed by atoms with E-state index >= 15 is 0 Å². The highest BCUT2D eigenvalue weighted by atomic mass is 16.5. The van der Waals surface area contributed by atoms with Gasteiger partial charge in [0.05, 0.1) is 13.2 Å². The number of methoxy groups -OCH3 is 1. The second-order valence-electron chi connectivity index (χ2n) is 3.75. The van der Waals surface area contributed by atoms with Crippen LogP contribution in [0.15, 0.2) is 36.4 Å². The van der Waals surface area contributed by atoms with Crippen molar-refractivity contribution in [2.45, 2.75) is 6.92 Å². The van der Waals surface area contributed by atoms with E-state index in [1.165, 1.54) is 20.1 Å². The van der Waals surface area contributed by atoms with Crippen LogP contribution in [0.4, 0.5) is 0 Å². The van der Waals surface area contributed by atoms with E-state index in [-0.39, 0.29) is 18.4 Å². The quantitative estimate of drug-likeness (QED) is 0.744. The van der Waals surface area contributed by atoms with Crippen LogP contribution in [-0.2, 0) is 14.3 Å². The molecule has 0 saturated carbocycles. The Bertz CT molecular complexity index is 426. The molecule has 4 heteroatoms. The molecule has 0 aromatic heterocycles. The van der Waals surface area contributed by atoms with Crippen LogP contribution in [-0.4, -0.2) is 37.0 Å². The molecule has 96 valence electrons. The lowest BCUT2D eigenvalue weighted by Gasteiger charge is -2.16. The zero-order valence-electron chi connectivity index (χ0n) is 10.6. The van der Waals surface area contributed by atoms with Gasteiger partial charge in [-0.3, -0.25) is 14.5 Å². The molecule has 1 aromatic rings. The summed E-state index contributed by atoms with van der Waals surface area (Å²) < 4.78 is 4.87. The lowest BCUT2D eigenvalue weighted by Crippen LogP contribution is -2.36. The van der Waals surface area contributed by atoms with Gasteiger partial charge in [0.15, 0.2) is 0 Å². The Hall–Kier alpha value is -1.94. The van der Waals surface area contributed by atoms with Crippen molar-refractivity contribution in [3.63, 3.8) is 0 Å².